The van der Waals surface area contributed by atoms with Gasteiger partial charge in [-0.1, -0.05) is 18.2 Å². The Morgan fingerprint density at radius 1 is 1.30 bits per heavy atom. The lowest BCUT2D eigenvalue weighted by atomic mass is 10.1. The molecule has 2 rings (SSSR count). The Labute approximate surface area is 118 Å². The Balaban J connectivity index is 2.33. The number of nitrogens with zero attached hydrogens (tertiary/aromatic N) is 2. The highest BCUT2D eigenvalue weighted by Crippen LogP contribution is 2.17. The number of para-hydroxylation sites is 1. The molecule has 0 radical (unpaired) electrons. The van der Waals surface area contributed by atoms with Crippen molar-refractivity contribution >= 4 is 16.8 Å². The maximum atomic E-state index is 12.6. The first kappa shape index (κ1) is 14.4. The molecule has 0 saturated carbocycles. The molecule has 1 aromatic carbocycles. The molecule has 0 spiro atoms. The van der Waals surface area contributed by atoms with Gasteiger partial charge in [0.1, 0.15) is 0 Å². The van der Waals surface area contributed by atoms with Gasteiger partial charge in [0, 0.05) is 38.3 Å². The molecule has 2 aromatic rings. The van der Waals surface area contributed by atoms with Crippen LogP contribution in [0.15, 0.2) is 36.5 Å². The fourth-order valence-electron chi connectivity index (χ4n) is 2.12. The summed E-state index contributed by atoms with van der Waals surface area (Å²) in [6.45, 7) is 1.97. The van der Waals surface area contributed by atoms with Crippen LogP contribution in [0.25, 0.3) is 10.9 Å². The molecule has 0 saturated heterocycles. The van der Waals surface area contributed by atoms with Crippen molar-refractivity contribution < 1.29 is 9.53 Å². The number of nitrogens with two attached hydrogens (primary N) is 1. The summed E-state index contributed by atoms with van der Waals surface area (Å²) in [6.07, 6.45) is 1.66. The molecule has 0 aliphatic carbocycles. The number of rotatable bonds is 6. The van der Waals surface area contributed by atoms with Crippen LogP contribution in [0, 0.1) is 0 Å². The number of fused-ring (bicyclic) bond motifs is 1. The van der Waals surface area contributed by atoms with Crippen LogP contribution in [0.1, 0.15) is 10.4 Å². The Morgan fingerprint density at radius 2 is 2.10 bits per heavy atom. The summed E-state index contributed by atoms with van der Waals surface area (Å²) >= 11 is 0. The Morgan fingerprint density at radius 3 is 2.85 bits per heavy atom. The number of carbonyl (C=O) groups excluding carboxylic acids is 1. The van der Waals surface area contributed by atoms with E-state index < -0.39 is 0 Å². The standard InChI is InChI=1S/C15H19N3O2/c1-20-11-10-18(9-7-16)15(19)13-6-8-17-14-5-3-2-4-12(13)14/h2-6,8H,7,9-11,16H2,1H3. The highest BCUT2D eigenvalue weighted by molar-refractivity contribution is 6.05. The smallest absolute Gasteiger partial charge is 0.254 e. The van der Waals surface area contributed by atoms with Crippen molar-refractivity contribution in [3.05, 3.63) is 42.1 Å². The number of methoxy groups -OCH3 is 1. The normalized spacial score (nSPS) is 10.7. The molecule has 1 heterocycles. The van der Waals surface area contributed by atoms with Crippen molar-refractivity contribution in [1.29, 1.82) is 0 Å². The Kier molecular flexibility index (Phi) is 5.03. The van der Waals surface area contributed by atoms with Crippen molar-refractivity contribution in [2.45, 2.75) is 0 Å². The first-order valence-corrected chi connectivity index (χ1v) is 6.60. The first-order valence-electron chi connectivity index (χ1n) is 6.60. The maximum Gasteiger partial charge on any atom is 0.254 e. The Bertz CT molecular complexity index is 581. The van der Waals surface area contributed by atoms with Gasteiger partial charge in [-0.15, -0.1) is 0 Å². The lowest BCUT2D eigenvalue weighted by Gasteiger charge is -2.22. The van der Waals surface area contributed by atoms with Crippen LogP contribution in [0.3, 0.4) is 0 Å². The quantitative estimate of drug-likeness (QED) is 0.861. The summed E-state index contributed by atoms with van der Waals surface area (Å²) in [5, 5.41) is 0.861. The number of pyridine rings is 1. The number of benzene rings is 1. The maximum absolute atomic E-state index is 12.6. The first-order chi connectivity index (χ1) is 9.77. The predicted molar refractivity (Wildman–Crippen MR) is 78.6 cm³/mol. The van der Waals surface area contributed by atoms with Crippen LogP contribution in [0.4, 0.5) is 0 Å². The van der Waals surface area contributed by atoms with Crippen LogP contribution < -0.4 is 5.73 Å². The molecule has 5 heteroatoms. The van der Waals surface area contributed by atoms with Gasteiger partial charge in [-0.05, 0) is 12.1 Å². The van der Waals surface area contributed by atoms with E-state index in [1.165, 1.54) is 0 Å². The highest BCUT2D eigenvalue weighted by atomic mass is 16.5. The Hall–Kier alpha value is -1.98. The number of hydrogen-bond acceptors (Lipinski definition) is 4. The summed E-state index contributed by atoms with van der Waals surface area (Å²) in [4.78, 5) is 18.6. The van der Waals surface area contributed by atoms with E-state index in [0.717, 1.165) is 10.9 Å². The minimum atomic E-state index is -0.0360. The fraction of sp³-hybridized carbons (Fsp3) is 0.333. The summed E-state index contributed by atoms with van der Waals surface area (Å²) in [5.74, 6) is -0.0360. The van der Waals surface area contributed by atoms with Crippen molar-refractivity contribution in [2.24, 2.45) is 5.73 Å². The van der Waals surface area contributed by atoms with Gasteiger partial charge in [0.25, 0.3) is 5.91 Å². The van der Waals surface area contributed by atoms with Gasteiger partial charge in [-0.3, -0.25) is 9.78 Å². The molecule has 20 heavy (non-hydrogen) atoms. The van der Waals surface area contributed by atoms with Crippen molar-refractivity contribution in [3.63, 3.8) is 0 Å². The number of carbonyl (C=O) groups is 1. The average molecular weight is 273 g/mol. The lowest BCUT2D eigenvalue weighted by molar-refractivity contribution is 0.0703. The number of amides is 1. The summed E-state index contributed by atoms with van der Waals surface area (Å²) in [7, 11) is 1.62. The molecule has 0 aliphatic rings. The molecular formula is C15H19N3O2. The van der Waals surface area contributed by atoms with Crippen LogP contribution in [0.2, 0.25) is 0 Å². The van der Waals surface area contributed by atoms with Gasteiger partial charge in [0.05, 0.1) is 17.7 Å². The van der Waals surface area contributed by atoms with E-state index in [2.05, 4.69) is 4.98 Å². The minimum Gasteiger partial charge on any atom is -0.383 e. The van der Waals surface area contributed by atoms with Gasteiger partial charge in [0.2, 0.25) is 0 Å². The minimum absolute atomic E-state index is 0.0360. The number of ether oxygens (including phenoxy) is 1. The van der Waals surface area contributed by atoms with Crippen LogP contribution in [-0.2, 0) is 4.74 Å². The topological polar surface area (TPSA) is 68.5 Å². The second-order valence-electron chi connectivity index (χ2n) is 4.45. The molecule has 1 amide bonds. The van der Waals surface area contributed by atoms with E-state index >= 15 is 0 Å². The zero-order valence-electron chi connectivity index (χ0n) is 11.6. The fourth-order valence-corrected chi connectivity index (χ4v) is 2.12. The second-order valence-corrected chi connectivity index (χ2v) is 4.45. The summed E-state index contributed by atoms with van der Waals surface area (Å²) in [6, 6.07) is 9.37. The third-order valence-electron chi connectivity index (χ3n) is 3.13. The van der Waals surface area contributed by atoms with E-state index in [4.69, 9.17) is 10.5 Å². The third kappa shape index (κ3) is 3.12. The highest BCUT2D eigenvalue weighted by Gasteiger charge is 2.17. The van der Waals surface area contributed by atoms with Gasteiger partial charge in [-0.2, -0.15) is 0 Å². The van der Waals surface area contributed by atoms with Gasteiger partial charge in [-0.25, -0.2) is 0 Å². The van der Waals surface area contributed by atoms with Crippen molar-refractivity contribution in [1.82, 2.24) is 9.88 Å². The molecule has 1 aromatic heterocycles. The van der Waals surface area contributed by atoms with Gasteiger partial charge < -0.3 is 15.4 Å². The molecule has 2 N–H and O–H groups in total. The van der Waals surface area contributed by atoms with E-state index in [1.807, 2.05) is 24.3 Å². The van der Waals surface area contributed by atoms with Crippen molar-refractivity contribution in [3.8, 4) is 0 Å². The largest absolute Gasteiger partial charge is 0.383 e. The molecular weight excluding hydrogens is 254 g/mol. The molecule has 0 atom stereocenters. The van der Waals surface area contributed by atoms with Crippen molar-refractivity contribution in [2.75, 3.05) is 33.4 Å². The number of aromatic nitrogens is 1. The van der Waals surface area contributed by atoms with E-state index in [-0.39, 0.29) is 5.91 Å². The zero-order chi connectivity index (χ0) is 14.4. The monoisotopic (exact) mass is 273 g/mol. The lowest BCUT2D eigenvalue weighted by Crippen LogP contribution is -2.37. The molecule has 106 valence electrons. The molecule has 0 aliphatic heterocycles. The summed E-state index contributed by atoms with van der Waals surface area (Å²) in [5.41, 5.74) is 7.05. The van der Waals surface area contributed by atoms with Crippen LogP contribution in [0.5, 0.6) is 0 Å². The average Bonchev–Trinajstić information content (AvgIpc) is 2.50. The predicted octanol–water partition coefficient (Wildman–Crippen LogP) is 1.28. The molecule has 0 bridgehead atoms. The second kappa shape index (κ2) is 6.98. The van der Waals surface area contributed by atoms with Gasteiger partial charge in [0.15, 0.2) is 0 Å². The van der Waals surface area contributed by atoms with Crippen LogP contribution in [-0.4, -0.2) is 49.1 Å². The number of hydrogen-bond donors (Lipinski definition) is 1. The third-order valence-corrected chi connectivity index (χ3v) is 3.13. The van der Waals surface area contributed by atoms with Gasteiger partial charge >= 0.3 is 0 Å². The van der Waals surface area contributed by atoms with E-state index in [1.54, 1.807) is 24.3 Å². The zero-order valence-corrected chi connectivity index (χ0v) is 11.6. The van der Waals surface area contributed by atoms with E-state index in [0.29, 0.717) is 31.8 Å². The molecule has 0 unspecified atom stereocenters. The molecule has 5 nitrogen and oxygen atoms in total. The summed E-state index contributed by atoms with van der Waals surface area (Å²) < 4.78 is 5.05. The SMILES string of the molecule is COCCN(CCN)C(=O)c1ccnc2ccccc12. The van der Waals surface area contributed by atoms with E-state index in [9.17, 15) is 4.79 Å². The molecule has 0 fully saturated rings. The van der Waals surface area contributed by atoms with Crippen LogP contribution >= 0.6 is 0 Å².